The Morgan fingerprint density at radius 1 is 1.24 bits per heavy atom. The highest BCUT2D eigenvalue weighted by Crippen LogP contribution is 2.39. The summed E-state index contributed by atoms with van der Waals surface area (Å²) in [6.45, 7) is 0.537. The smallest absolute Gasteiger partial charge is 0.187 e. The lowest BCUT2D eigenvalue weighted by Crippen LogP contribution is -2.23. The minimum absolute atomic E-state index is 0.117. The molecule has 4 heteroatoms. The third-order valence-electron chi connectivity index (χ3n) is 3.22. The van der Waals surface area contributed by atoms with Crippen molar-refractivity contribution in [3.63, 3.8) is 0 Å². The van der Waals surface area contributed by atoms with Gasteiger partial charge >= 0.3 is 0 Å². The predicted octanol–water partition coefficient (Wildman–Crippen LogP) is 1.66. The molecule has 2 heterocycles. The second kappa shape index (κ2) is 4.56. The maximum Gasteiger partial charge on any atom is 0.187 e. The van der Waals surface area contributed by atoms with Crippen molar-refractivity contribution in [2.24, 2.45) is 5.92 Å². The average Bonchev–Trinajstić information content (AvgIpc) is 2.93. The van der Waals surface area contributed by atoms with Crippen LogP contribution in [0.3, 0.4) is 0 Å². The van der Waals surface area contributed by atoms with Gasteiger partial charge in [-0.1, -0.05) is 30.3 Å². The highest BCUT2D eigenvalue weighted by atomic mass is 16.8. The van der Waals surface area contributed by atoms with Crippen molar-refractivity contribution in [1.82, 2.24) is 0 Å². The standard InChI is InChI=1S/C13H14O4/c14-7-6-10-8-15-13-11(10)16-12(17-13)9-4-2-1-3-5-9/h1-5,7,10-13H,6,8H2/t10-,11?,12?,13-/m0/s1. The molecule has 0 spiro atoms. The van der Waals surface area contributed by atoms with Crippen LogP contribution in [0.2, 0.25) is 0 Å². The van der Waals surface area contributed by atoms with Crippen LogP contribution < -0.4 is 0 Å². The minimum Gasteiger partial charge on any atom is -0.349 e. The first-order chi connectivity index (χ1) is 8.38. The van der Waals surface area contributed by atoms with Gasteiger partial charge in [-0.05, 0) is 0 Å². The van der Waals surface area contributed by atoms with E-state index in [1.54, 1.807) is 0 Å². The number of benzene rings is 1. The summed E-state index contributed by atoms with van der Waals surface area (Å²) >= 11 is 0. The normalized spacial score (nSPS) is 35.8. The highest BCUT2D eigenvalue weighted by molar-refractivity contribution is 5.50. The molecular formula is C13H14O4. The van der Waals surface area contributed by atoms with E-state index in [0.29, 0.717) is 13.0 Å². The van der Waals surface area contributed by atoms with Gasteiger partial charge in [0.1, 0.15) is 12.4 Å². The fourth-order valence-corrected chi connectivity index (χ4v) is 2.31. The molecule has 2 unspecified atom stereocenters. The zero-order valence-electron chi connectivity index (χ0n) is 9.32. The first-order valence-corrected chi connectivity index (χ1v) is 5.79. The molecule has 0 saturated carbocycles. The average molecular weight is 234 g/mol. The van der Waals surface area contributed by atoms with Gasteiger partial charge in [0.15, 0.2) is 12.6 Å². The van der Waals surface area contributed by atoms with Gasteiger partial charge in [0, 0.05) is 17.9 Å². The van der Waals surface area contributed by atoms with Crippen LogP contribution in [0.25, 0.3) is 0 Å². The summed E-state index contributed by atoms with van der Waals surface area (Å²) in [5.74, 6) is 0.117. The van der Waals surface area contributed by atoms with Gasteiger partial charge in [-0.15, -0.1) is 0 Å². The maximum absolute atomic E-state index is 10.5. The molecule has 2 aliphatic rings. The van der Waals surface area contributed by atoms with E-state index in [4.69, 9.17) is 14.2 Å². The van der Waals surface area contributed by atoms with E-state index >= 15 is 0 Å². The molecule has 90 valence electrons. The van der Waals surface area contributed by atoms with E-state index in [2.05, 4.69) is 0 Å². The van der Waals surface area contributed by atoms with E-state index < -0.39 is 0 Å². The summed E-state index contributed by atoms with van der Waals surface area (Å²) < 4.78 is 17.0. The predicted molar refractivity (Wildman–Crippen MR) is 59.1 cm³/mol. The number of rotatable bonds is 3. The van der Waals surface area contributed by atoms with Gasteiger partial charge in [-0.3, -0.25) is 0 Å². The van der Waals surface area contributed by atoms with Crippen molar-refractivity contribution in [1.29, 1.82) is 0 Å². The van der Waals surface area contributed by atoms with Crippen LogP contribution in [0.15, 0.2) is 30.3 Å². The van der Waals surface area contributed by atoms with Crippen molar-refractivity contribution in [3.05, 3.63) is 35.9 Å². The molecule has 4 atom stereocenters. The van der Waals surface area contributed by atoms with Gasteiger partial charge in [-0.2, -0.15) is 0 Å². The zero-order valence-corrected chi connectivity index (χ0v) is 9.32. The molecule has 2 fully saturated rings. The number of hydrogen-bond donors (Lipinski definition) is 0. The molecule has 0 bridgehead atoms. The largest absolute Gasteiger partial charge is 0.349 e. The molecule has 4 nitrogen and oxygen atoms in total. The van der Waals surface area contributed by atoms with Crippen molar-refractivity contribution in [2.75, 3.05) is 6.61 Å². The Bertz CT molecular complexity index is 392. The summed E-state index contributed by atoms with van der Waals surface area (Å²) in [4.78, 5) is 10.5. The summed E-state index contributed by atoms with van der Waals surface area (Å²) in [6.07, 6.45) is 0.554. The molecule has 1 aromatic rings. The van der Waals surface area contributed by atoms with E-state index in [-0.39, 0.29) is 24.6 Å². The second-order valence-corrected chi connectivity index (χ2v) is 4.34. The van der Waals surface area contributed by atoms with Crippen LogP contribution in [0.5, 0.6) is 0 Å². The quantitative estimate of drug-likeness (QED) is 0.746. The van der Waals surface area contributed by atoms with Crippen molar-refractivity contribution >= 4 is 6.29 Å². The number of ether oxygens (including phenoxy) is 3. The fraction of sp³-hybridized carbons (Fsp3) is 0.462. The van der Waals surface area contributed by atoms with E-state index in [1.807, 2.05) is 30.3 Å². The SMILES string of the molecule is O=CC[C@H]1CO[C@H]2OC(c3ccccc3)OC12. The molecule has 0 aliphatic carbocycles. The van der Waals surface area contributed by atoms with Gasteiger partial charge in [0.25, 0.3) is 0 Å². The molecule has 0 radical (unpaired) electrons. The Hall–Kier alpha value is -1.23. The first-order valence-electron chi connectivity index (χ1n) is 5.79. The summed E-state index contributed by atoms with van der Waals surface area (Å²) in [5, 5.41) is 0. The second-order valence-electron chi connectivity index (χ2n) is 4.34. The van der Waals surface area contributed by atoms with Crippen LogP contribution in [0.4, 0.5) is 0 Å². The lowest BCUT2D eigenvalue weighted by atomic mass is 10.0. The molecule has 0 N–H and O–H groups in total. The maximum atomic E-state index is 10.5. The fourth-order valence-electron chi connectivity index (χ4n) is 2.31. The number of carbonyl (C=O) groups excluding carboxylic acids is 1. The number of hydrogen-bond acceptors (Lipinski definition) is 4. The van der Waals surface area contributed by atoms with Gasteiger partial charge in [0.2, 0.25) is 0 Å². The number of carbonyl (C=O) groups is 1. The lowest BCUT2D eigenvalue weighted by molar-refractivity contribution is -0.145. The van der Waals surface area contributed by atoms with Crippen LogP contribution >= 0.6 is 0 Å². The molecule has 2 saturated heterocycles. The minimum atomic E-state index is -0.374. The molecular weight excluding hydrogens is 220 g/mol. The topological polar surface area (TPSA) is 44.8 Å². The van der Waals surface area contributed by atoms with Crippen molar-refractivity contribution in [2.45, 2.75) is 25.1 Å². The van der Waals surface area contributed by atoms with Gasteiger partial charge in [-0.25, -0.2) is 0 Å². The molecule has 3 rings (SSSR count). The van der Waals surface area contributed by atoms with Crippen LogP contribution in [-0.4, -0.2) is 25.3 Å². The number of fused-ring (bicyclic) bond motifs is 1. The number of aldehydes is 1. The molecule has 2 aliphatic heterocycles. The lowest BCUT2D eigenvalue weighted by Gasteiger charge is -2.14. The Morgan fingerprint density at radius 2 is 2.06 bits per heavy atom. The van der Waals surface area contributed by atoms with Crippen LogP contribution in [0, 0.1) is 5.92 Å². The third kappa shape index (κ3) is 1.99. The Kier molecular flexibility index (Phi) is 2.93. The monoisotopic (exact) mass is 234 g/mol. The van der Waals surface area contributed by atoms with E-state index in [1.165, 1.54) is 0 Å². The van der Waals surface area contributed by atoms with Crippen molar-refractivity contribution < 1.29 is 19.0 Å². The summed E-state index contributed by atoms with van der Waals surface area (Å²) in [6, 6.07) is 9.76. The highest BCUT2D eigenvalue weighted by Gasteiger charge is 2.46. The molecule has 17 heavy (non-hydrogen) atoms. The zero-order chi connectivity index (χ0) is 11.7. The molecule has 0 aromatic heterocycles. The molecule has 1 aromatic carbocycles. The first kappa shape index (κ1) is 10.9. The Morgan fingerprint density at radius 3 is 2.82 bits per heavy atom. The van der Waals surface area contributed by atoms with Crippen LogP contribution in [-0.2, 0) is 19.0 Å². The Balaban J connectivity index is 1.72. The Labute approximate surface area is 99.5 Å². The van der Waals surface area contributed by atoms with Crippen LogP contribution in [0.1, 0.15) is 18.3 Å². The summed E-state index contributed by atoms with van der Waals surface area (Å²) in [7, 11) is 0. The van der Waals surface area contributed by atoms with Crippen molar-refractivity contribution in [3.8, 4) is 0 Å². The van der Waals surface area contributed by atoms with Gasteiger partial charge < -0.3 is 19.0 Å². The van der Waals surface area contributed by atoms with E-state index in [0.717, 1.165) is 11.8 Å². The molecule has 0 amide bonds. The summed E-state index contributed by atoms with van der Waals surface area (Å²) in [5.41, 5.74) is 0.982. The third-order valence-corrected chi connectivity index (χ3v) is 3.22. The van der Waals surface area contributed by atoms with Gasteiger partial charge in [0.05, 0.1) is 6.61 Å². The van der Waals surface area contributed by atoms with E-state index in [9.17, 15) is 4.79 Å².